The van der Waals surface area contributed by atoms with Crippen molar-refractivity contribution in [2.24, 2.45) is 0 Å². The molecule has 2 heterocycles. The Morgan fingerprint density at radius 2 is 1.86 bits per heavy atom. The molecule has 0 saturated heterocycles. The van der Waals surface area contributed by atoms with E-state index < -0.39 is 18.0 Å². The number of hydrogen-bond acceptors (Lipinski definition) is 9. The van der Waals surface area contributed by atoms with Crippen LogP contribution in [0.3, 0.4) is 0 Å². The number of ether oxygens (including phenoxy) is 1. The zero-order chi connectivity index (χ0) is 31.5. The van der Waals surface area contributed by atoms with Crippen LogP contribution in [0, 0.1) is 0 Å². The van der Waals surface area contributed by atoms with Gasteiger partial charge in [-0.05, 0) is 55.3 Å². The summed E-state index contributed by atoms with van der Waals surface area (Å²) in [5, 5.41) is 27.0. The summed E-state index contributed by atoms with van der Waals surface area (Å²) in [6, 6.07) is 15.5. The summed E-state index contributed by atoms with van der Waals surface area (Å²) in [6.07, 6.45) is 3.36. The lowest BCUT2D eigenvalue weighted by Gasteiger charge is -2.20. The number of unbranched alkanes of at least 4 members (excludes halogenated alkanes) is 1. The standard InChI is InChI=1S/C31H39ClN8O4/c1-4-5-12-27-34-29(32)26(19-44-31(43)25(33-20-39(2)3)11-8-13-28(41)42)40(27)18-21-14-16-22(17-15-21)23-9-6-7-10-24(23)30-35-37-38-36-30/h6-7,9-10,14-17,25,33H,4-5,8,11-13,18-20H2,1-3H3,(H,41,42)(H,35,36,37,38)/t25-/m1/s1. The van der Waals surface area contributed by atoms with Gasteiger partial charge in [-0.25, -0.2) is 4.98 Å². The van der Waals surface area contributed by atoms with Crippen LogP contribution in [0.5, 0.6) is 0 Å². The van der Waals surface area contributed by atoms with E-state index in [2.05, 4.69) is 62.1 Å². The Bertz CT molecular complexity index is 1510. The minimum atomic E-state index is -0.899. The van der Waals surface area contributed by atoms with Crippen molar-refractivity contribution < 1.29 is 19.4 Å². The average molecular weight is 623 g/mol. The van der Waals surface area contributed by atoms with Crippen LogP contribution < -0.4 is 5.32 Å². The number of aromatic nitrogens is 6. The largest absolute Gasteiger partial charge is 0.481 e. The molecule has 0 fully saturated rings. The van der Waals surface area contributed by atoms with Crippen molar-refractivity contribution in [2.45, 2.75) is 64.6 Å². The molecular weight excluding hydrogens is 584 g/mol. The first-order valence-electron chi connectivity index (χ1n) is 14.7. The Morgan fingerprint density at radius 1 is 1.11 bits per heavy atom. The molecule has 0 aliphatic heterocycles. The highest BCUT2D eigenvalue weighted by atomic mass is 35.5. The van der Waals surface area contributed by atoms with Gasteiger partial charge in [0.25, 0.3) is 0 Å². The minimum absolute atomic E-state index is 0.0196. The van der Waals surface area contributed by atoms with E-state index in [1.807, 2.05) is 47.8 Å². The number of carboxylic acids is 1. The normalized spacial score (nSPS) is 12.0. The molecule has 0 radical (unpaired) electrons. The summed E-state index contributed by atoms with van der Waals surface area (Å²) >= 11 is 6.62. The maximum absolute atomic E-state index is 13.1. The summed E-state index contributed by atoms with van der Waals surface area (Å²) in [4.78, 5) is 30.6. The average Bonchev–Trinajstić information content (AvgIpc) is 3.65. The van der Waals surface area contributed by atoms with Gasteiger partial charge in [0.15, 0.2) is 5.15 Å². The number of tetrazole rings is 1. The number of halogens is 1. The maximum atomic E-state index is 13.1. The predicted molar refractivity (Wildman–Crippen MR) is 167 cm³/mol. The highest BCUT2D eigenvalue weighted by molar-refractivity contribution is 6.30. The van der Waals surface area contributed by atoms with Crippen LogP contribution >= 0.6 is 11.6 Å². The van der Waals surface area contributed by atoms with Crippen molar-refractivity contribution in [2.75, 3.05) is 20.8 Å². The van der Waals surface area contributed by atoms with E-state index in [1.54, 1.807) is 0 Å². The highest BCUT2D eigenvalue weighted by Crippen LogP contribution is 2.30. The van der Waals surface area contributed by atoms with Gasteiger partial charge in [0.2, 0.25) is 5.82 Å². The van der Waals surface area contributed by atoms with Crippen LogP contribution in [0.4, 0.5) is 0 Å². The Balaban J connectivity index is 1.52. The predicted octanol–water partition coefficient (Wildman–Crippen LogP) is 4.55. The number of aromatic amines is 1. The molecule has 0 aliphatic rings. The van der Waals surface area contributed by atoms with Crippen molar-refractivity contribution in [1.82, 2.24) is 40.4 Å². The molecule has 0 aliphatic carbocycles. The van der Waals surface area contributed by atoms with Gasteiger partial charge < -0.3 is 14.4 Å². The van der Waals surface area contributed by atoms with Crippen LogP contribution in [0.25, 0.3) is 22.5 Å². The Morgan fingerprint density at radius 3 is 2.52 bits per heavy atom. The molecule has 13 heteroatoms. The number of nitrogens with zero attached hydrogens (tertiary/aromatic N) is 6. The topological polar surface area (TPSA) is 151 Å². The molecule has 2 aromatic carbocycles. The fraction of sp³-hybridized carbons (Fsp3) is 0.419. The number of hydrogen-bond donors (Lipinski definition) is 3. The second-order valence-electron chi connectivity index (χ2n) is 10.8. The zero-order valence-corrected chi connectivity index (χ0v) is 26.0. The van der Waals surface area contributed by atoms with Crippen LogP contribution in [0.15, 0.2) is 48.5 Å². The molecule has 0 amide bonds. The minimum Gasteiger partial charge on any atom is -0.481 e. The molecule has 0 bridgehead atoms. The molecule has 3 N–H and O–H groups in total. The summed E-state index contributed by atoms with van der Waals surface area (Å²) in [7, 11) is 3.75. The smallest absolute Gasteiger partial charge is 0.323 e. The fourth-order valence-corrected chi connectivity index (χ4v) is 5.08. The third-order valence-electron chi connectivity index (χ3n) is 7.15. The lowest BCUT2D eigenvalue weighted by Crippen LogP contribution is -2.42. The van der Waals surface area contributed by atoms with E-state index in [1.165, 1.54) is 0 Å². The number of carbonyl (C=O) groups excluding carboxylic acids is 1. The Labute approximate surface area is 261 Å². The molecule has 1 atom stereocenters. The van der Waals surface area contributed by atoms with Crippen LogP contribution in [0.1, 0.15) is 56.1 Å². The number of carboxylic acid groups (broad SMARTS) is 1. The van der Waals surface area contributed by atoms with Gasteiger partial charge in [-0.1, -0.05) is 73.5 Å². The summed E-state index contributed by atoms with van der Waals surface area (Å²) in [5.74, 6) is 0.00159. The lowest BCUT2D eigenvalue weighted by atomic mass is 9.98. The molecule has 4 aromatic rings. The molecular formula is C31H39ClN8O4. The SMILES string of the molecule is CCCCc1nc(Cl)c(COC(=O)[C@@H](CCCC(=O)O)NCN(C)C)n1Cc1ccc(-c2ccccc2-c2nn[nH]n2)cc1. The summed E-state index contributed by atoms with van der Waals surface area (Å²) < 4.78 is 7.78. The van der Waals surface area contributed by atoms with E-state index in [-0.39, 0.29) is 13.0 Å². The number of aliphatic carboxylic acids is 1. The first-order valence-corrected chi connectivity index (χ1v) is 15.1. The van der Waals surface area contributed by atoms with Crippen molar-refractivity contribution in [3.63, 3.8) is 0 Å². The second-order valence-corrected chi connectivity index (χ2v) is 11.2. The number of benzene rings is 2. The van der Waals surface area contributed by atoms with Gasteiger partial charge in [0.1, 0.15) is 18.5 Å². The van der Waals surface area contributed by atoms with Gasteiger partial charge in [-0.2, -0.15) is 5.21 Å². The van der Waals surface area contributed by atoms with Gasteiger partial charge in [-0.15, -0.1) is 10.2 Å². The van der Waals surface area contributed by atoms with Crippen molar-refractivity contribution in [1.29, 1.82) is 0 Å². The van der Waals surface area contributed by atoms with Gasteiger partial charge >= 0.3 is 11.9 Å². The molecule has 4 rings (SSSR count). The van der Waals surface area contributed by atoms with E-state index in [0.717, 1.165) is 47.3 Å². The lowest BCUT2D eigenvalue weighted by molar-refractivity contribution is -0.148. The van der Waals surface area contributed by atoms with Crippen LogP contribution in [0.2, 0.25) is 5.15 Å². The number of esters is 1. The number of H-pyrrole nitrogens is 1. The molecule has 12 nitrogen and oxygen atoms in total. The van der Waals surface area contributed by atoms with E-state index >= 15 is 0 Å². The van der Waals surface area contributed by atoms with Crippen molar-refractivity contribution in [3.8, 4) is 22.5 Å². The molecule has 2 aromatic heterocycles. The Hall–Kier alpha value is -4.13. The van der Waals surface area contributed by atoms with Crippen LogP contribution in [-0.4, -0.2) is 78.9 Å². The first kappa shape index (κ1) is 32.8. The van der Waals surface area contributed by atoms with E-state index in [0.29, 0.717) is 42.7 Å². The maximum Gasteiger partial charge on any atom is 0.323 e. The van der Waals surface area contributed by atoms with Gasteiger partial charge in [-0.3, -0.25) is 19.8 Å². The number of aryl methyl sites for hydroxylation is 1. The molecule has 0 spiro atoms. The van der Waals surface area contributed by atoms with Crippen molar-refractivity contribution in [3.05, 3.63) is 70.8 Å². The van der Waals surface area contributed by atoms with Gasteiger partial charge in [0.05, 0.1) is 5.69 Å². The number of nitrogens with one attached hydrogen (secondary N) is 2. The van der Waals surface area contributed by atoms with E-state index in [9.17, 15) is 9.59 Å². The molecule has 0 saturated carbocycles. The molecule has 234 valence electrons. The fourth-order valence-electron chi connectivity index (χ4n) is 4.83. The summed E-state index contributed by atoms with van der Waals surface area (Å²) in [5.41, 5.74) is 4.53. The number of rotatable bonds is 17. The second kappa shape index (κ2) is 16.1. The quantitative estimate of drug-likeness (QED) is 0.113. The first-order chi connectivity index (χ1) is 21.3. The van der Waals surface area contributed by atoms with Gasteiger partial charge in [0, 0.05) is 31.6 Å². The van der Waals surface area contributed by atoms with E-state index in [4.69, 9.17) is 21.4 Å². The zero-order valence-electron chi connectivity index (χ0n) is 25.3. The monoisotopic (exact) mass is 622 g/mol. The third-order valence-corrected chi connectivity index (χ3v) is 7.45. The third kappa shape index (κ3) is 8.94. The molecule has 0 unspecified atom stereocenters. The summed E-state index contributed by atoms with van der Waals surface area (Å²) in [6.45, 7) is 3.02. The highest BCUT2D eigenvalue weighted by Gasteiger charge is 2.23. The van der Waals surface area contributed by atoms with Crippen molar-refractivity contribution >= 4 is 23.5 Å². The number of imidazole rings is 1. The Kier molecular flexibility index (Phi) is 12.0. The van der Waals surface area contributed by atoms with Crippen LogP contribution in [-0.2, 0) is 33.9 Å². The molecule has 44 heavy (non-hydrogen) atoms. The number of carbonyl (C=O) groups is 2.